The van der Waals surface area contributed by atoms with E-state index in [9.17, 15) is 8.42 Å². The highest BCUT2D eigenvalue weighted by atomic mass is 32.2. The van der Waals surface area contributed by atoms with Crippen molar-refractivity contribution in [1.29, 1.82) is 0 Å². The van der Waals surface area contributed by atoms with Crippen molar-refractivity contribution in [3.8, 4) is 0 Å². The van der Waals surface area contributed by atoms with Crippen molar-refractivity contribution in [2.24, 2.45) is 5.73 Å². The molecular formula is C10H20N2O2S2. The van der Waals surface area contributed by atoms with Gasteiger partial charge in [-0.3, -0.25) is 0 Å². The van der Waals surface area contributed by atoms with E-state index >= 15 is 0 Å². The van der Waals surface area contributed by atoms with Gasteiger partial charge in [0.05, 0.1) is 16.8 Å². The van der Waals surface area contributed by atoms with E-state index in [4.69, 9.17) is 18.0 Å². The lowest BCUT2D eigenvalue weighted by atomic mass is 10.4. The highest BCUT2D eigenvalue weighted by Gasteiger charge is 2.33. The molecule has 0 aromatic carbocycles. The van der Waals surface area contributed by atoms with Crippen LogP contribution in [0.4, 0.5) is 0 Å². The molecule has 0 spiro atoms. The van der Waals surface area contributed by atoms with Gasteiger partial charge in [-0.1, -0.05) is 32.0 Å². The smallest absolute Gasteiger partial charge is 0.217 e. The third kappa shape index (κ3) is 3.40. The molecule has 0 radical (unpaired) electrons. The zero-order valence-electron chi connectivity index (χ0n) is 9.68. The van der Waals surface area contributed by atoms with Crippen LogP contribution < -0.4 is 5.73 Å². The number of nitrogens with zero attached hydrogens (tertiary/aromatic N) is 1. The number of sulfonamides is 1. The molecule has 0 aromatic rings. The summed E-state index contributed by atoms with van der Waals surface area (Å²) in [7, 11) is -3.19. The van der Waals surface area contributed by atoms with Crippen LogP contribution in [-0.2, 0) is 10.0 Å². The molecule has 0 heterocycles. The van der Waals surface area contributed by atoms with E-state index in [1.165, 1.54) is 4.31 Å². The summed E-state index contributed by atoms with van der Waals surface area (Å²) in [5.41, 5.74) is 5.44. The summed E-state index contributed by atoms with van der Waals surface area (Å²) in [6.45, 7) is 2.65. The van der Waals surface area contributed by atoms with Gasteiger partial charge in [-0.2, -0.15) is 4.31 Å². The zero-order valence-corrected chi connectivity index (χ0v) is 11.3. The van der Waals surface area contributed by atoms with Crippen LogP contribution in [0.15, 0.2) is 0 Å². The first-order valence-electron chi connectivity index (χ1n) is 5.75. The van der Waals surface area contributed by atoms with Crippen LogP contribution in [0.1, 0.15) is 39.0 Å². The maximum Gasteiger partial charge on any atom is 0.217 e. The third-order valence-electron chi connectivity index (χ3n) is 2.89. The van der Waals surface area contributed by atoms with Crippen molar-refractivity contribution < 1.29 is 8.42 Å². The van der Waals surface area contributed by atoms with E-state index in [1.54, 1.807) is 0 Å². The van der Waals surface area contributed by atoms with Gasteiger partial charge in [0.25, 0.3) is 0 Å². The monoisotopic (exact) mass is 264 g/mol. The molecule has 16 heavy (non-hydrogen) atoms. The Labute approximate surface area is 103 Å². The Kier molecular flexibility index (Phi) is 5.14. The number of rotatable bonds is 6. The average molecular weight is 264 g/mol. The molecule has 6 heteroatoms. The predicted octanol–water partition coefficient (Wildman–Crippen LogP) is 1.26. The minimum absolute atomic E-state index is 0.183. The summed E-state index contributed by atoms with van der Waals surface area (Å²) in [5, 5.41) is -0.214. The van der Waals surface area contributed by atoms with Gasteiger partial charge in [0.2, 0.25) is 10.0 Å². The summed E-state index contributed by atoms with van der Waals surface area (Å²) < 4.78 is 26.0. The zero-order chi connectivity index (χ0) is 12.2. The Morgan fingerprint density at radius 3 is 2.44 bits per heavy atom. The van der Waals surface area contributed by atoms with Crippen LogP contribution >= 0.6 is 12.2 Å². The molecule has 1 rings (SSSR count). The van der Waals surface area contributed by atoms with Gasteiger partial charge in [-0.25, -0.2) is 8.42 Å². The molecule has 0 aliphatic heterocycles. The van der Waals surface area contributed by atoms with Crippen molar-refractivity contribution >= 4 is 27.2 Å². The fourth-order valence-electron chi connectivity index (χ4n) is 2.12. The van der Waals surface area contributed by atoms with Gasteiger partial charge in [-0.15, -0.1) is 0 Å². The highest BCUT2D eigenvalue weighted by Crippen LogP contribution is 2.27. The molecule has 0 amide bonds. The molecule has 1 aliphatic carbocycles. The van der Waals surface area contributed by atoms with Crippen molar-refractivity contribution in [3.63, 3.8) is 0 Å². The Morgan fingerprint density at radius 1 is 1.44 bits per heavy atom. The van der Waals surface area contributed by atoms with Crippen LogP contribution in [0.2, 0.25) is 0 Å². The predicted molar refractivity (Wildman–Crippen MR) is 69.8 cm³/mol. The fourth-order valence-corrected chi connectivity index (χ4v) is 4.46. The number of nitrogens with two attached hydrogens (primary N) is 1. The number of hydrogen-bond acceptors (Lipinski definition) is 3. The van der Waals surface area contributed by atoms with E-state index in [1.807, 2.05) is 6.92 Å². The Morgan fingerprint density at radius 2 is 2.00 bits per heavy atom. The second-order valence-corrected chi connectivity index (χ2v) is 6.99. The van der Waals surface area contributed by atoms with E-state index < -0.39 is 10.0 Å². The molecule has 0 saturated heterocycles. The van der Waals surface area contributed by atoms with Crippen molar-refractivity contribution in [2.45, 2.75) is 44.3 Å². The van der Waals surface area contributed by atoms with Gasteiger partial charge in [0.1, 0.15) is 0 Å². The molecule has 0 unspecified atom stereocenters. The van der Waals surface area contributed by atoms with Gasteiger partial charge in [-0.05, 0) is 19.3 Å². The maximum atomic E-state index is 12.3. The van der Waals surface area contributed by atoms with Gasteiger partial charge < -0.3 is 5.73 Å². The van der Waals surface area contributed by atoms with Crippen molar-refractivity contribution in [3.05, 3.63) is 0 Å². The first-order chi connectivity index (χ1) is 7.48. The molecule has 1 fully saturated rings. The molecule has 94 valence electrons. The summed E-state index contributed by atoms with van der Waals surface area (Å²) >= 11 is 4.80. The minimum atomic E-state index is -3.19. The van der Waals surface area contributed by atoms with E-state index in [-0.39, 0.29) is 16.8 Å². The Hall–Kier alpha value is -0.200. The lowest BCUT2D eigenvalue weighted by Gasteiger charge is -2.24. The average Bonchev–Trinajstić information content (AvgIpc) is 2.69. The van der Waals surface area contributed by atoms with Crippen LogP contribution in [0.5, 0.6) is 0 Å². The fraction of sp³-hybridized carbons (Fsp3) is 0.900. The third-order valence-corrected chi connectivity index (χ3v) is 5.36. The summed E-state index contributed by atoms with van der Waals surface area (Å²) in [6, 6.07) is 0. The molecule has 2 N–H and O–H groups in total. The second-order valence-electron chi connectivity index (χ2n) is 4.25. The first-order valence-corrected chi connectivity index (χ1v) is 7.67. The number of hydrogen-bond donors (Lipinski definition) is 1. The van der Waals surface area contributed by atoms with Gasteiger partial charge >= 0.3 is 0 Å². The topological polar surface area (TPSA) is 63.4 Å². The highest BCUT2D eigenvalue weighted by molar-refractivity contribution is 7.89. The Bertz CT molecular complexity index is 335. The van der Waals surface area contributed by atoms with Crippen molar-refractivity contribution in [2.75, 3.05) is 13.1 Å². The largest absolute Gasteiger partial charge is 0.392 e. The lowest BCUT2D eigenvalue weighted by Crippen LogP contribution is -2.42. The summed E-state index contributed by atoms with van der Waals surface area (Å²) in [6.07, 6.45) is 4.36. The minimum Gasteiger partial charge on any atom is -0.392 e. The normalized spacial score (nSPS) is 18.1. The Balaban J connectivity index is 2.78. The SMILES string of the molecule is CCCN(CC(N)=S)S(=O)(=O)C1CCCC1. The van der Waals surface area contributed by atoms with Gasteiger partial charge in [0.15, 0.2) is 0 Å². The van der Waals surface area contributed by atoms with Crippen LogP contribution in [0.25, 0.3) is 0 Å². The van der Waals surface area contributed by atoms with Crippen LogP contribution in [-0.4, -0.2) is 36.1 Å². The molecule has 0 bridgehead atoms. The van der Waals surface area contributed by atoms with E-state index in [0.717, 1.165) is 32.1 Å². The molecule has 4 nitrogen and oxygen atoms in total. The molecule has 0 aromatic heterocycles. The summed E-state index contributed by atoms with van der Waals surface area (Å²) in [5.74, 6) is 0. The molecule has 1 aliphatic rings. The standard InChI is InChI=1S/C10H20N2O2S2/c1-2-7-12(8-10(11)15)16(13,14)9-5-3-4-6-9/h9H,2-8H2,1H3,(H2,11,15). The van der Waals surface area contributed by atoms with Crippen LogP contribution in [0, 0.1) is 0 Å². The summed E-state index contributed by atoms with van der Waals surface area (Å²) in [4.78, 5) is 0.245. The maximum absolute atomic E-state index is 12.3. The molecule has 1 saturated carbocycles. The molecule has 0 atom stereocenters. The van der Waals surface area contributed by atoms with Crippen LogP contribution in [0.3, 0.4) is 0 Å². The van der Waals surface area contributed by atoms with E-state index in [2.05, 4.69) is 0 Å². The molecular weight excluding hydrogens is 244 g/mol. The van der Waals surface area contributed by atoms with Gasteiger partial charge in [0, 0.05) is 6.54 Å². The van der Waals surface area contributed by atoms with Crippen molar-refractivity contribution in [1.82, 2.24) is 4.31 Å². The first kappa shape index (κ1) is 13.9. The number of thiocarbonyl (C=S) groups is 1. The lowest BCUT2D eigenvalue weighted by molar-refractivity contribution is 0.439. The second kappa shape index (κ2) is 5.93. The quantitative estimate of drug-likeness (QED) is 0.734. The van der Waals surface area contributed by atoms with E-state index in [0.29, 0.717) is 6.54 Å².